The monoisotopic (exact) mass is 294 g/mol. The number of hydrogen-bond acceptors (Lipinski definition) is 2. The maximum Gasteiger partial charge on any atom is 0.253 e. The van der Waals surface area contributed by atoms with Crippen molar-refractivity contribution in [2.24, 2.45) is 5.92 Å². The van der Waals surface area contributed by atoms with Gasteiger partial charge in [-0.15, -0.1) is 0 Å². The van der Waals surface area contributed by atoms with E-state index in [-0.39, 0.29) is 23.8 Å². The third-order valence-electron chi connectivity index (χ3n) is 3.42. The molecule has 2 N–H and O–H groups in total. The Morgan fingerprint density at radius 2 is 2.10 bits per heavy atom. The minimum Gasteiger partial charge on any atom is -0.350 e. The quantitative estimate of drug-likeness (QED) is 0.876. The summed E-state index contributed by atoms with van der Waals surface area (Å²) in [6.45, 7) is 3.93. The summed E-state index contributed by atoms with van der Waals surface area (Å²) < 4.78 is 0. The first-order chi connectivity index (χ1) is 9.51. The Morgan fingerprint density at radius 1 is 1.40 bits per heavy atom. The summed E-state index contributed by atoms with van der Waals surface area (Å²) in [5, 5.41) is 6.07. The van der Waals surface area contributed by atoms with E-state index >= 15 is 0 Å². The largest absolute Gasteiger partial charge is 0.350 e. The van der Waals surface area contributed by atoms with Crippen LogP contribution in [0.5, 0.6) is 0 Å². The summed E-state index contributed by atoms with van der Waals surface area (Å²) in [5.41, 5.74) is 1.00. The van der Waals surface area contributed by atoms with E-state index in [1.165, 1.54) is 0 Å². The van der Waals surface area contributed by atoms with Crippen molar-refractivity contribution >= 4 is 29.1 Å². The molecule has 0 saturated heterocycles. The molecule has 0 unspecified atom stereocenters. The van der Waals surface area contributed by atoms with E-state index in [0.29, 0.717) is 16.3 Å². The average Bonchev–Trinajstić information content (AvgIpc) is 3.25. The van der Waals surface area contributed by atoms with Crippen LogP contribution in [0.2, 0.25) is 5.02 Å². The van der Waals surface area contributed by atoms with Gasteiger partial charge in [-0.2, -0.15) is 0 Å². The topological polar surface area (TPSA) is 58.2 Å². The van der Waals surface area contributed by atoms with Gasteiger partial charge in [0.05, 0.1) is 10.6 Å². The number of rotatable bonds is 5. The van der Waals surface area contributed by atoms with Crippen LogP contribution in [-0.2, 0) is 4.79 Å². The fraction of sp³-hybridized carbons (Fsp3) is 0.467. The summed E-state index contributed by atoms with van der Waals surface area (Å²) in [6.07, 6.45) is 2.74. The van der Waals surface area contributed by atoms with E-state index in [0.717, 1.165) is 19.3 Å². The van der Waals surface area contributed by atoms with Crippen LogP contribution < -0.4 is 10.6 Å². The highest BCUT2D eigenvalue weighted by molar-refractivity contribution is 6.34. The van der Waals surface area contributed by atoms with Crippen molar-refractivity contribution in [3.05, 3.63) is 28.8 Å². The maximum atomic E-state index is 12.1. The number of carbonyl (C=O) groups excluding carboxylic acids is 2. The molecule has 5 heteroatoms. The summed E-state index contributed by atoms with van der Waals surface area (Å²) in [6, 6.07) is 5.06. The summed E-state index contributed by atoms with van der Waals surface area (Å²) in [4.78, 5) is 23.8. The number of anilines is 1. The van der Waals surface area contributed by atoms with E-state index in [1.54, 1.807) is 18.2 Å². The minimum absolute atomic E-state index is 0.0145. The molecule has 0 aliphatic heterocycles. The molecule has 108 valence electrons. The molecule has 1 fully saturated rings. The summed E-state index contributed by atoms with van der Waals surface area (Å²) >= 11 is 6.06. The minimum atomic E-state index is -0.216. The Kier molecular flexibility index (Phi) is 4.65. The lowest BCUT2D eigenvalue weighted by molar-refractivity contribution is -0.117. The molecule has 2 amide bonds. The maximum absolute atomic E-state index is 12.1. The van der Waals surface area contributed by atoms with Gasteiger partial charge in [0.15, 0.2) is 0 Å². The van der Waals surface area contributed by atoms with Gasteiger partial charge in [0.25, 0.3) is 5.91 Å². The van der Waals surface area contributed by atoms with Crippen molar-refractivity contribution < 1.29 is 9.59 Å². The Labute approximate surface area is 123 Å². The van der Waals surface area contributed by atoms with E-state index < -0.39 is 0 Å². The number of benzene rings is 1. The smallest absolute Gasteiger partial charge is 0.253 e. The van der Waals surface area contributed by atoms with Gasteiger partial charge in [-0.1, -0.05) is 18.5 Å². The highest BCUT2D eigenvalue weighted by atomic mass is 35.5. The van der Waals surface area contributed by atoms with Gasteiger partial charge >= 0.3 is 0 Å². The number of nitrogens with one attached hydrogen (secondary N) is 2. The van der Waals surface area contributed by atoms with Crippen LogP contribution in [0.25, 0.3) is 0 Å². The second kappa shape index (κ2) is 6.27. The van der Waals surface area contributed by atoms with Crippen LogP contribution in [0.3, 0.4) is 0 Å². The molecule has 1 aliphatic carbocycles. The number of halogens is 1. The molecule has 0 bridgehead atoms. The first-order valence-electron chi connectivity index (χ1n) is 6.92. The summed E-state index contributed by atoms with van der Waals surface area (Å²) in [7, 11) is 0. The van der Waals surface area contributed by atoms with Crippen LogP contribution in [-0.4, -0.2) is 17.9 Å². The molecule has 0 spiro atoms. The molecule has 1 aliphatic rings. The second-order valence-corrected chi connectivity index (χ2v) is 5.65. The molecule has 0 heterocycles. The molecular formula is C15H19ClN2O2. The fourth-order valence-corrected chi connectivity index (χ4v) is 1.97. The lowest BCUT2D eigenvalue weighted by Gasteiger charge is -2.13. The second-order valence-electron chi connectivity index (χ2n) is 5.24. The standard InChI is InChI=1S/C15H19ClN2O2/c1-3-9(2)17-15(20)12-8-11(6-7-13(12)16)18-14(19)10-4-5-10/h6-10H,3-5H2,1-2H3,(H,17,20)(H,18,19)/t9-/m0/s1. The third-order valence-corrected chi connectivity index (χ3v) is 3.75. The Hall–Kier alpha value is -1.55. The number of carbonyl (C=O) groups is 2. The predicted molar refractivity (Wildman–Crippen MR) is 80.0 cm³/mol. The number of amides is 2. The molecule has 1 aromatic rings. The molecule has 1 saturated carbocycles. The highest BCUT2D eigenvalue weighted by Crippen LogP contribution is 2.30. The van der Waals surface area contributed by atoms with Gasteiger partial charge in [0, 0.05) is 17.6 Å². The van der Waals surface area contributed by atoms with Crippen molar-refractivity contribution in [2.75, 3.05) is 5.32 Å². The van der Waals surface area contributed by atoms with Crippen LogP contribution in [0.4, 0.5) is 5.69 Å². The van der Waals surface area contributed by atoms with Gasteiger partial charge in [-0.05, 0) is 44.4 Å². The van der Waals surface area contributed by atoms with E-state index in [4.69, 9.17) is 11.6 Å². The van der Waals surface area contributed by atoms with Crippen LogP contribution in [0.1, 0.15) is 43.5 Å². The molecule has 20 heavy (non-hydrogen) atoms. The van der Waals surface area contributed by atoms with Crippen molar-refractivity contribution in [1.82, 2.24) is 5.32 Å². The molecule has 0 radical (unpaired) electrons. The Balaban J connectivity index is 2.11. The zero-order chi connectivity index (χ0) is 14.7. The molecule has 1 aromatic carbocycles. The van der Waals surface area contributed by atoms with Crippen molar-refractivity contribution in [2.45, 2.75) is 39.2 Å². The first-order valence-corrected chi connectivity index (χ1v) is 7.30. The van der Waals surface area contributed by atoms with Gasteiger partial charge in [0.1, 0.15) is 0 Å². The highest BCUT2D eigenvalue weighted by Gasteiger charge is 2.29. The van der Waals surface area contributed by atoms with Gasteiger partial charge < -0.3 is 10.6 Å². The van der Waals surface area contributed by atoms with Crippen molar-refractivity contribution in [1.29, 1.82) is 0 Å². The van der Waals surface area contributed by atoms with Gasteiger partial charge in [-0.3, -0.25) is 9.59 Å². The molecule has 1 atom stereocenters. The van der Waals surface area contributed by atoms with E-state index in [9.17, 15) is 9.59 Å². The van der Waals surface area contributed by atoms with Crippen LogP contribution in [0.15, 0.2) is 18.2 Å². The van der Waals surface area contributed by atoms with Gasteiger partial charge in [-0.25, -0.2) is 0 Å². The lowest BCUT2D eigenvalue weighted by atomic mass is 10.1. The first kappa shape index (κ1) is 14.9. The molecule has 4 nitrogen and oxygen atoms in total. The average molecular weight is 295 g/mol. The van der Waals surface area contributed by atoms with Crippen LogP contribution >= 0.6 is 11.6 Å². The summed E-state index contributed by atoms with van der Waals surface area (Å²) in [5.74, 6) is -0.0736. The SMILES string of the molecule is CC[C@H](C)NC(=O)c1cc(NC(=O)C2CC2)ccc1Cl. The Bertz CT molecular complexity index is 527. The van der Waals surface area contributed by atoms with Crippen molar-refractivity contribution in [3.8, 4) is 0 Å². The lowest BCUT2D eigenvalue weighted by Crippen LogP contribution is -2.32. The molecule has 0 aromatic heterocycles. The zero-order valence-electron chi connectivity index (χ0n) is 11.7. The molecular weight excluding hydrogens is 276 g/mol. The number of hydrogen-bond donors (Lipinski definition) is 2. The normalized spacial score (nSPS) is 15.6. The molecule has 2 rings (SSSR count). The predicted octanol–water partition coefficient (Wildman–Crippen LogP) is 3.22. The van der Waals surface area contributed by atoms with Crippen molar-refractivity contribution in [3.63, 3.8) is 0 Å². The fourth-order valence-electron chi connectivity index (χ4n) is 1.77. The van der Waals surface area contributed by atoms with E-state index in [1.807, 2.05) is 13.8 Å². The van der Waals surface area contributed by atoms with Crippen LogP contribution in [0, 0.1) is 5.92 Å². The van der Waals surface area contributed by atoms with Gasteiger partial charge in [0.2, 0.25) is 5.91 Å². The third kappa shape index (κ3) is 3.73. The van der Waals surface area contributed by atoms with E-state index in [2.05, 4.69) is 10.6 Å². The zero-order valence-corrected chi connectivity index (χ0v) is 12.5. The Morgan fingerprint density at radius 3 is 2.70 bits per heavy atom.